The molecule has 3 aromatic carbocycles. The lowest BCUT2D eigenvalue weighted by Crippen LogP contribution is -2.45. The maximum atomic E-state index is 13.4. The van der Waals surface area contributed by atoms with E-state index in [1.165, 1.54) is 34.6 Å². The Kier molecular flexibility index (Phi) is 6.81. The summed E-state index contributed by atoms with van der Waals surface area (Å²) in [6, 6.07) is 17.5. The van der Waals surface area contributed by atoms with Gasteiger partial charge in [-0.3, -0.25) is 9.10 Å². The van der Waals surface area contributed by atoms with Gasteiger partial charge in [0.2, 0.25) is 5.91 Å². The van der Waals surface area contributed by atoms with Crippen LogP contribution in [0.5, 0.6) is 5.75 Å². The largest absolute Gasteiger partial charge is 0.484 e. The predicted molar refractivity (Wildman–Crippen MR) is 128 cm³/mol. The lowest BCUT2D eigenvalue weighted by Gasteiger charge is -2.35. The minimum absolute atomic E-state index is 0.0496. The number of rotatable bonds is 6. The van der Waals surface area contributed by atoms with Crippen LogP contribution in [0.1, 0.15) is 5.56 Å². The summed E-state index contributed by atoms with van der Waals surface area (Å²) >= 11 is 11.8. The van der Waals surface area contributed by atoms with Gasteiger partial charge in [-0.2, -0.15) is 0 Å². The number of hydrogen-bond donors (Lipinski definition) is 2. The molecule has 0 bridgehead atoms. The zero-order valence-corrected chi connectivity index (χ0v) is 19.6. The van der Waals surface area contributed by atoms with E-state index >= 15 is 0 Å². The first-order valence-corrected chi connectivity index (χ1v) is 12.2. The van der Waals surface area contributed by atoms with Crippen molar-refractivity contribution in [1.29, 1.82) is 0 Å². The molecule has 0 spiro atoms. The number of fused-ring (bicyclic) bond motifs is 1. The maximum absolute atomic E-state index is 13.4. The summed E-state index contributed by atoms with van der Waals surface area (Å²) in [7, 11) is -3.97. The zero-order valence-electron chi connectivity index (χ0n) is 17.2. The Hall–Kier alpha value is -2.78. The summed E-state index contributed by atoms with van der Waals surface area (Å²) in [5, 5.41) is 13.4. The number of halogens is 2. The third-order valence-electron chi connectivity index (χ3n) is 5.06. The summed E-state index contributed by atoms with van der Waals surface area (Å²) in [5.41, 5.74) is 1.46. The molecule has 1 unspecified atom stereocenters. The SMILES string of the molecule is O=C(Cc1ccc(Cl)cc1)Nc1ccc2c(c1)N(S(=O)(=O)c1ccc(Cl)cc1)CC(CO)O2. The van der Waals surface area contributed by atoms with Crippen molar-refractivity contribution in [3.05, 3.63) is 82.3 Å². The highest BCUT2D eigenvalue weighted by molar-refractivity contribution is 7.92. The van der Waals surface area contributed by atoms with Gasteiger partial charge in [0.15, 0.2) is 0 Å². The number of benzene rings is 3. The molecule has 1 aliphatic rings. The van der Waals surface area contributed by atoms with E-state index in [1.807, 2.05) is 0 Å². The molecule has 0 aromatic heterocycles. The lowest BCUT2D eigenvalue weighted by molar-refractivity contribution is -0.115. The topological polar surface area (TPSA) is 95.9 Å². The van der Waals surface area contributed by atoms with Crippen LogP contribution in [0.15, 0.2) is 71.6 Å². The van der Waals surface area contributed by atoms with E-state index in [9.17, 15) is 18.3 Å². The summed E-state index contributed by atoms with van der Waals surface area (Å²) in [6.07, 6.45) is -0.602. The van der Waals surface area contributed by atoms with Crippen molar-refractivity contribution in [3.8, 4) is 5.75 Å². The van der Waals surface area contributed by atoms with E-state index in [0.29, 0.717) is 15.7 Å². The number of carbonyl (C=O) groups excluding carboxylic acids is 1. The van der Waals surface area contributed by atoms with Crippen LogP contribution < -0.4 is 14.4 Å². The number of nitrogens with one attached hydrogen (secondary N) is 1. The number of ether oxygens (including phenoxy) is 1. The molecule has 4 rings (SSSR count). The summed E-state index contributed by atoms with van der Waals surface area (Å²) in [4.78, 5) is 12.6. The maximum Gasteiger partial charge on any atom is 0.264 e. The van der Waals surface area contributed by atoms with Crippen molar-refractivity contribution in [1.82, 2.24) is 0 Å². The number of carbonyl (C=O) groups is 1. The van der Waals surface area contributed by atoms with Crippen molar-refractivity contribution in [2.24, 2.45) is 0 Å². The van der Waals surface area contributed by atoms with Gasteiger partial charge in [-0.05, 0) is 60.2 Å². The highest BCUT2D eigenvalue weighted by atomic mass is 35.5. The van der Waals surface area contributed by atoms with E-state index in [4.69, 9.17) is 27.9 Å². The number of sulfonamides is 1. The van der Waals surface area contributed by atoms with Crippen LogP contribution in [-0.2, 0) is 21.2 Å². The monoisotopic (exact) mass is 506 g/mol. The summed E-state index contributed by atoms with van der Waals surface area (Å²) < 4.78 is 33.6. The van der Waals surface area contributed by atoms with Gasteiger partial charge in [0.05, 0.1) is 30.2 Å². The van der Waals surface area contributed by atoms with Gasteiger partial charge in [-0.1, -0.05) is 35.3 Å². The van der Waals surface area contributed by atoms with Crippen molar-refractivity contribution in [3.63, 3.8) is 0 Å². The van der Waals surface area contributed by atoms with Crippen LogP contribution in [0.4, 0.5) is 11.4 Å². The number of nitrogens with zero attached hydrogens (tertiary/aromatic N) is 1. The van der Waals surface area contributed by atoms with Gasteiger partial charge < -0.3 is 15.2 Å². The summed E-state index contributed by atoms with van der Waals surface area (Å²) in [5.74, 6) is 0.0166. The Balaban J connectivity index is 1.62. The molecule has 10 heteroatoms. The molecule has 1 aliphatic heterocycles. The van der Waals surface area contributed by atoms with Crippen LogP contribution in [0.2, 0.25) is 10.0 Å². The Bertz CT molecular complexity index is 1270. The van der Waals surface area contributed by atoms with E-state index in [-0.39, 0.29) is 41.8 Å². The molecule has 1 amide bonds. The van der Waals surface area contributed by atoms with Gasteiger partial charge in [-0.25, -0.2) is 8.42 Å². The van der Waals surface area contributed by atoms with Gasteiger partial charge in [-0.15, -0.1) is 0 Å². The molecular formula is C23H20Cl2N2O5S. The fourth-order valence-electron chi connectivity index (χ4n) is 3.44. The number of aliphatic hydroxyl groups is 1. The number of anilines is 2. The molecule has 3 aromatic rings. The number of hydrogen-bond acceptors (Lipinski definition) is 5. The second-order valence-electron chi connectivity index (χ2n) is 7.45. The second kappa shape index (κ2) is 9.61. The molecule has 7 nitrogen and oxygen atoms in total. The molecule has 0 saturated carbocycles. The normalized spacial score (nSPS) is 15.5. The fourth-order valence-corrected chi connectivity index (χ4v) is 5.19. The molecular weight excluding hydrogens is 487 g/mol. The highest BCUT2D eigenvalue weighted by Gasteiger charge is 2.34. The third-order valence-corrected chi connectivity index (χ3v) is 7.36. The molecule has 33 heavy (non-hydrogen) atoms. The Morgan fingerprint density at radius 1 is 1.03 bits per heavy atom. The highest BCUT2D eigenvalue weighted by Crippen LogP contribution is 2.39. The van der Waals surface area contributed by atoms with Crippen LogP contribution in [0.3, 0.4) is 0 Å². The molecule has 0 aliphatic carbocycles. The first-order valence-electron chi connectivity index (χ1n) is 10.0. The van der Waals surface area contributed by atoms with Crippen LogP contribution in [0.25, 0.3) is 0 Å². The molecule has 0 fully saturated rings. The van der Waals surface area contributed by atoms with Crippen LogP contribution >= 0.6 is 23.2 Å². The van der Waals surface area contributed by atoms with E-state index in [2.05, 4.69) is 5.32 Å². The quantitative estimate of drug-likeness (QED) is 0.524. The van der Waals surface area contributed by atoms with Crippen molar-refractivity contribution < 1.29 is 23.1 Å². The van der Waals surface area contributed by atoms with Crippen molar-refractivity contribution in [2.45, 2.75) is 17.4 Å². The van der Waals surface area contributed by atoms with Crippen LogP contribution in [-0.4, -0.2) is 38.7 Å². The van der Waals surface area contributed by atoms with Gasteiger partial charge in [0, 0.05) is 15.7 Å². The fraction of sp³-hybridized carbons (Fsp3) is 0.174. The Morgan fingerprint density at radius 3 is 2.30 bits per heavy atom. The molecule has 0 saturated heterocycles. The smallest absolute Gasteiger partial charge is 0.264 e. The van der Waals surface area contributed by atoms with Crippen molar-refractivity contribution >= 4 is 50.5 Å². The molecule has 172 valence electrons. The second-order valence-corrected chi connectivity index (χ2v) is 10.2. The van der Waals surface area contributed by atoms with Gasteiger partial charge in [0.25, 0.3) is 10.0 Å². The lowest BCUT2D eigenvalue weighted by atomic mass is 10.1. The number of amides is 1. The van der Waals surface area contributed by atoms with E-state index < -0.39 is 16.1 Å². The minimum Gasteiger partial charge on any atom is -0.484 e. The molecule has 2 N–H and O–H groups in total. The minimum atomic E-state index is -3.97. The van der Waals surface area contributed by atoms with E-state index in [1.54, 1.807) is 36.4 Å². The van der Waals surface area contributed by atoms with Crippen LogP contribution in [0, 0.1) is 0 Å². The molecule has 1 atom stereocenters. The van der Waals surface area contributed by atoms with Gasteiger partial charge in [0.1, 0.15) is 11.9 Å². The molecule has 0 radical (unpaired) electrons. The average Bonchev–Trinajstić information content (AvgIpc) is 2.80. The average molecular weight is 507 g/mol. The predicted octanol–water partition coefficient (Wildman–Crippen LogP) is 4.12. The molecule has 1 heterocycles. The summed E-state index contributed by atoms with van der Waals surface area (Å²) in [6.45, 7) is -0.442. The zero-order chi connectivity index (χ0) is 23.6. The Morgan fingerprint density at radius 2 is 1.67 bits per heavy atom. The van der Waals surface area contributed by atoms with E-state index in [0.717, 1.165) is 5.56 Å². The van der Waals surface area contributed by atoms with Gasteiger partial charge >= 0.3 is 0 Å². The Labute approximate surface area is 201 Å². The standard InChI is InChI=1S/C23H20Cl2N2O5S/c24-16-3-1-15(2-4-16)11-23(29)26-18-7-10-22-21(12-18)27(13-19(14-28)32-22)33(30,31)20-8-5-17(25)6-9-20/h1-10,12,19,28H,11,13-14H2,(H,26,29). The first kappa shape index (κ1) is 23.4. The number of aliphatic hydroxyl groups excluding tert-OH is 1. The first-order chi connectivity index (χ1) is 15.8. The van der Waals surface area contributed by atoms with Crippen molar-refractivity contribution in [2.75, 3.05) is 22.8 Å². The third kappa shape index (κ3) is 5.25.